The molecule has 37 heavy (non-hydrogen) atoms. The number of hydrogen-bond donors (Lipinski definition) is 1. The van der Waals surface area contributed by atoms with Crippen LogP contribution >= 0.6 is 11.6 Å². The zero-order chi connectivity index (χ0) is 25.9. The number of aliphatic carboxylic acids is 1. The first-order chi connectivity index (χ1) is 17.9. The zero-order valence-electron chi connectivity index (χ0n) is 20.0. The van der Waals surface area contributed by atoms with Crippen LogP contribution in [0.1, 0.15) is 46.8 Å². The van der Waals surface area contributed by atoms with Crippen LogP contribution in [-0.4, -0.2) is 44.9 Å². The molecule has 0 atom stereocenters. The molecule has 1 saturated heterocycles. The molecule has 0 radical (unpaired) electrons. The van der Waals surface area contributed by atoms with Crippen LogP contribution in [0.5, 0.6) is 0 Å². The fourth-order valence-electron chi connectivity index (χ4n) is 4.58. The maximum atomic E-state index is 13.2. The van der Waals surface area contributed by atoms with Crippen LogP contribution in [0.25, 0.3) is 22.3 Å². The molecule has 0 saturated carbocycles. The van der Waals surface area contributed by atoms with Crippen LogP contribution in [0, 0.1) is 5.82 Å². The molecule has 8 heteroatoms. The summed E-state index contributed by atoms with van der Waals surface area (Å²) in [6.45, 7) is 1.16. The highest BCUT2D eigenvalue weighted by molar-refractivity contribution is 6.30. The summed E-state index contributed by atoms with van der Waals surface area (Å²) < 4.78 is 13.2. The summed E-state index contributed by atoms with van der Waals surface area (Å²) in [5.41, 5.74) is 5.21. The van der Waals surface area contributed by atoms with Crippen LogP contribution in [0.15, 0.2) is 66.7 Å². The van der Waals surface area contributed by atoms with E-state index >= 15 is 0 Å². The summed E-state index contributed by atoms with van der Waals surface area (Å²) >= 11 is 6.06. The smallest absolute Gasteiger partial charge is 0.303 e. The molecule has 1 amide bonds. The molecule has 1 N–H and O–H groups in total. The molecule has 5 rings (SSSR count). The van der Waals surface area contributed by atoms with Crippen molar-refractivity contribution >= 4 is 34.5 Å². The van der Waals surface area contributed by atoms with Gasteiger partial charge in [-0.3, -0.25) is 9.59 Å². The normalized spacial score (nSPS) is 13.5. The van der Waals surface area contributed by atoms with E-state index in [-0.39, 0.29) is 24.1 Å². The van der Waals surface area contributed by atoms with Gasteiger partial charge in [0, 0.05) is 41.6 Å². The Balaban J connectivity index is 1.38. The minimum atomic E-state index is -0.821. The van der Waals surface area contributed by atoms with Crippen molar-refractivity contribution < 1.29 is 19.1 Å². The van der Waals surface area contributed by atoms with E-state index in [1.807, 2.05) is 12.1 Å². The minimum absolute atomic E-state index is 0.0770. The first-order valence-corrected chi connectivity index (χ1v) is 12.6. The average molecular weight is 518 g/mol. The van der Waals surface area contributed by atoms with Crippen molar-refractivity contribution in [3.8, 4) is 11.3 Å². The molecule has 0 spiro atoms. The quantitative estimate of drug-likeness (QED) is 0.284. The molecule has 0 unspecified atom stereocenters. The number of benzene rings is 3. The van der Waals surface area contributed by atoms with Gasteiger partial charge in [0.15, 0.2) is 0 Å². The zero-order valence-corrected chi connectivity index (χ0v) is 20.8. The lowest BCUT2D eigenvalue weighted by Gasteiger charge is -2.39. The number of unbranched alkanes of at least 4 members (excludes halogenated alkanes) is 1. The number of likely N-dealkylation sites (tertiary alicyclic amines) is 1. The molecule has 0 bridgehead atoms. The summed E-state index contributed by atoms with van der Waals surface area (Å²) in [6.07, 6.45) is 1.87. The Morgan fingerprint density at radius 3 is 2.38 bits per heavy atom. The maximum Gasteiger partial charge on any atom is 0.303 e. The Bertz CT molecular complexity index is 1450. The van der Waals surface area contributed by atoms with Gasteiger partial charge in [0.1, 0.15) is 5.82 Å². The minimum Gasteiger partial charge on any atom is -0.481 e. The van der Waals surface area contributed by atoms with Crippen molar-refractivity contribution in [2.24, 2.45) is 0 Å². The van der Waals surface area contributed by atoms with Gasteiger partial charge in [0.2, 0.25) is 0 Å². The molecule has 3 aromatic carbocycles. The molecule has 2 heterocycles. The summed E-state index contributed by atoms with van der Waals surface area (Å²) in [4.78, 5) is 35.5. The summed E-state index contributed by atoms with van der Waals surface area (Å²) in [7, 11) is 0. The molecule has 6 nitrogen and oxygen atoms in total. The number of carboxylic acids is 1. The topological polar surface area (TPSA) is 83.4 Å². The van der Waals surface area contributed by atoms with Crippen molar-refractivity contribution in [2.45, 2.75) is 31.6 Å². The highest BCUT2D eigenvalue weighted by Crippen LogP contribution is 2.30. The number of hydrogen-bond acceptors (Lipinski definition) is 4. The van der Waals surface area contributed by atoms with E-state index in [4.69, 9.17) is 26.7 Å². The van der Waals surface area contributed by atoms with Crippen LogP contribution in [0.4, 0.5) is 4.39 Å². The van der Waals surface area contributed by atoms with Gasteiger partial charge in [-0.05, 0) is 67.3 Å². The van der Waals surface area contributed by atoms with E-state index in [1.54, 1.807) is 47.4 Å². The summed E-state index contributed by atoms with van der Waals surface area (Å²) in [6, 6.07) is 19.1. The number of halogens is 2. The first kappa shape index (κ1) is 24.8. The second kappa shape index (κ2) is 10.6. The lowest BCUT2D eigenvalue weighted by molar-refractivity contribution is -0.137. The first-order valence-electron chi connectivity index (χ1n) is 12.2. The van der Waals surface area contributed by atoms with Gasteiger partial charge in [0.05, 0.1) is 22.4 Å². The van der Waals surface area contributed by atoms with Crippen molar-refractivity contribution in [1.82, 2.24) is 14.9 Å². The van der Waals surface area contributed by atoms with Crippen LogP contribution in [0.3, 0.4) is 0 Å². The molecule has 1 aliphatic heterocycles. The van der Waals surface area contributed by atoms with Crippen LogP contribution in [-0.2, 0) is 11.2 Å². The number of carbonyl (C=O) groups is 2. The average Bonchev–Trinajstić information content (AvgIpc) is 2.86. The predicted octanol–water partition coefficient (Wildman–Crippen LogP) is 6.13. The van der Waals surface area contributed by atoms with Crippen LogP contribution in [0.2, 0.25) is 5.02 Å². The summed E-state index contributed by atoms with van der Waals surface area (Å²) in [5.74, 6) is -0.969. The van der Waals surface area contributed by atoms with Crippen LogP contribution < -0.4 is 0 Å². The standard InChI is InChI=1S/C29H25ClFN3O3/c30-22-10-5-19(6-11-22)28-25(3-1-2-4-27(35)36)32-26-15-20(9-14-24(26)33-28)29(37)34-16-21(17-34)18-7-12-23(31)13-8-18/h5-15,21H,1-4,16-17H2,(H,35,36). The number of amides is 1. The van der Waals surface area contributed by atoms with Crippen molar-refractivity contribution in [2.75, 3.05) is 13.1 Å². The molecule has 0 aliphatic carbocycles. The number of aryl methyl sites for hydroxylation is 1. The molecular formula is C29H25ClFN3O3. The fourth-order valence-corrected chi connectivity index (χ4v) is 4.70. The van der Waals surface area contributed by atoms with E-state index in [0.29, 0.717) is 54.0 Å². The number of carboxylic acid groups (broad SMARTS) is 1. The Labute approximate surface area is 218 Å². The third-order valence-electron chi connectivity index (χ3n) is 6.67. The maximum absolute atomic E-state index is 13.2. The van der Waals surface area contributed by atoms with Gasteiger partial charge in [-0.15, -0.1) is 0 Å². The number of rotatable bonds is 8. The third kappa shape index (κ3) is 5.62. The lowest BCUT2D eigenvalue weighted by Crippen LogP contribution is -2.48. The van der Waals surface area contributed by atoms with Gasteiger partial charge < -0.3 is 10.0 Å². The van der Waals surface area contributed by atoms with Crippen molar-refractivity contribution in [3.05, 3.63) is 94.4 Å². The molecule has 4 aromatic rings. The second-order valence-corrected chi connectivity index (χ2v) is 9.73. The number of nitrogens with zero attached hydrogens (tertiary/aromatic N) is 3. The second-order valence-electron chi connectivity index (χ2n) is 9.29. The molecule has 1 aliphatic rings. The number of carbonyl (C=O) groups excluding carboxylic acids is 1. The van der Waals surface area contributed by atoms with E-state index in [1.165, 1.54) is 12.1 Å². The van der Waals surface area contributed by atoms with Gasteiger partial charge in [-0.2, -0.15) is 0 Å². The van der Waals surface area contributed by atoms with Gasteiger partial charge in [-0.1, -0.05) is 35.9 Å². The Morgan fingerprint density at radius 2 is 1.68 bits per heavy atom. The van der Waals surface area contributed by atoms with Crippen molar-refractivity contribution in [3.63, 3.8) is 0 Å². The van der Waals surface area contributed by atoms with E-state index in [9.17, 15) is 14.0 Å². The molecular weight excluding hydrogens is 493 g/mol. The monoisotopic (exact) mass is 517 g/mol. The number of aromatic nitrogens is 2. The Hall–Kier alpha value is -3.84. The fraction of sp³-hybridized carbons (Fsp3) is 0.241. The van der Waals surface area contributed by atoms with E-state index < -0.39 is 5.97 Å². The molecule has 188 valence electrons. The van der Waals surface area contributed by atoms with E-state index in [0.717, 1.165) is 22.5 Å². The highest BCUT2D eigenvalue weighted by atomic mass is 35.5. The lowest BCUT2D eigenvalue weighted by atomic mass is 9.91. The molecule has 1 aromatic heterocycles. The highest BCUT2D eigenvalue weighted by Gasteiger charge is 2.32. The SMILES string of the molecule is O=C(O)CCCCc1nc2cc(C(=O)N3CC(c4ccc(F)cc4)C3)ccc2nc1-c1ccc(Cl)cc1. The predicted molar refractivity (Wildman–Crippen MR) is 140 cm³/mol. The van der Waals surface area contributed by atoms with Gasteiger partial charge in [-0.25, -0.2) is 14.4 Å². The Morgan fingerprint density at radius 1 is 0.946 bits per heavy atom. The third-order valence-corrected chi connectivity index (χ3v) is 6.92. The van der Waals surface area contributed by atoms with Gasteiger partial charge >= 0.3 is 5.97 Å². The Kier molecular flexibility index (Phi) is 7.15. The van der Waals surface area contributed by atoms with Crippen molar-refractivity contribution in [1.29, 1.82) is 0 Å². The van der Waals surface area contributed by atoms with Gasteiger partial charge in [0.25, 0.3) is 5.91 Å². The largest absolute Gasteiger partial charge is 0.481 e. The number of fused-ring (bicyclic) bond motifs is 1. The van der Waals surface area contributed by atoms with E-state index in [2.05, 4.69) is 0 Å². The molecule has 1 fully saturated rings. The summed E-state index contributed by atoms with van der Waals surface area (Å²) in [5, 5.41) is 9.59.